The van der Waals surface area contributed by atoms with Gasteiger partial charge in [-0.3, -0.25) is 14.9 Å². The van der Waals surface area contributed by atoms with Crippen molar-refractivity contribution in [2.24, 2.45) is 0 Å². The zero-order chi connectivity index (χ0) is 18.0. The molecule has 0 spiro atoms. The lowest BCUT2D eigenvalue weighted by Crippen LogP contribution is -2.23. The number of ether oxygens (including phenoxy) is 1. The van der Waals surface area contributed by atoms with E-state index in [4.69, 9.17) is 4.74 Å². The van der Waals surface area contributed by atoms with E-state index in [-0.39, 0.29) is 17.5 Å². The standard InChI is InChI=1S/C16H19N5O4/c1-10(22)11-5-6-12(14(8-11)21(23)24)17-13-4-3-7-20-16(13)18-15(19-20)9-25-2/h5-6,8,13,17H,3-4,7,9H2,1-2H3. The predicted molar refractivity (Wildman–Crippen MR) is 89.4 cm³/mol. The van der Waals surface area contributed by atoms with Crippen molar-refractivity contribution in [3.63, 3.8) is 0 Å². The summed E-state index contributed by atoms with van der Waals surface area (Å²) in [5.74, 6) is 1.12. The summed E-state index contributed by atoms with van der Waals surface area (Å²) in [5, 5.41) is 19.0. The summed E-state index contributed by atoms with van der Waals surface area (Å²) < 4.78 is 6.88. The third kappa shape index (κ3) is 3.50. The molecule has 1 aliphatic heterocycles. The molecule has 25 heavy (non-hydrogen) atoms. The number of anilines is 1. The molecule has 2 aromatic rings. The number of nitrogens with one attached hydrogen (secondary N) is 1. The fourth-order valence-corrected chi connectivity index (χ4v) is 2.94. The lowest BCUT2D eigenvalue weighted by molar-refractivity contribution is -0.384. The van der Waals surface area contributed by atoms with Gasteiger partial charge in [-0.25, -0.2) is 9.67 Å². The Hall–Kier alpha value is -2.81. The molecule has 132 valence electrons. The number of carbonyl (C=O) groups excluding carboxylic acids is 1. The van der Waals surface area contributed by atoms with Gasteiger partial charge in [-0.15, -0.1) is 0 Å². The smallest absolute Gasteiger partial charge is 0.293 e. The van der Waals surface area contributed by atoms with E-state index in [0.717, 1.165) is 25.2 Å². The van der Waals surface area contributed by atoms with Crippen LogP contribution < -0.4 is 5.32 Å². The Morgan fingerprint density at radius 1 is 1.52 bits per heavy atom. The first-order valence-corrected chi connectivity index (χ1v) is 7.98. The van der Waals surface area contributed by atoms with Gasteiger partial charge in [-0.1, -0.05) is 0 Å². The summed E-state index contributed by atoms with van der Waals surface area (Å²) in [5.41, 5.74) is 0.553. The SMILES string of the molecule is COCc1nc2n(n1)CCCC2Nc1ccc(C(C)=O)cc1[N+](=O)[O-]. The number of benzene rings is 1. The Balaban J connectivity index is 1.91. The second-order valence-electron chi connectivity index (χ2n) is 5.93. The number of fused-ring (bicyclic) bond motifs is 1. The summed E-state index contributed by atoms with van der Waals surface area (Å²) >= 11 is 0. The van der Waals surface area contributed by atoms with E-state index in [1.165, 1.54) is 13.0 Å². The largest absolute Gasteiger partial charge is 0.377 e. The highest BCUT2D eigenvalue weighted by molar-refractivity contribution is 5.95. The second-order valence-corrected chi connectivity index (χ2v) is 5.93. The van der Waals surface area contributed by atoms with Gasteiger partial charge in [0, 0.05) is 25.3 Å². The molecule has 0 amide bonds. The Morgan fingerprint density at radius 2 is 2.32 bits per heavy atom. The van der Waals surface area contributed by atoms with Crippen LogP contribution in [-0.2, 0) is 17.9 Å². The maximum atomic E-state index is 11.5. The molecule has 9 nitrogen and oxygen atoms in total. The molecular formula is C16H19N5O4. The lowest BCUT2D eigenvalue weighted by Gasteiger charge is -2.24. The van der Waals surface area contributed by atoms with Gasteiger partial charge in [-0.05, 0) is 31.9 Å². The van der Waals surface area contributed by atoms with E-state index >= 15 is 0 Å². The van der Waals surface area contributed by atoms with Crippen LogP contribution >= 0.6 is 0 Å². The van der Waals surface area contributed by atoms with E-state index in [1.807, 2.05) is 4.68 Å². The quantitative estimate of drug-likeness (QED) is 0.486. The van der Waals surface area contributed by atoms with Crippen molar-refractivity contribution < 1.29 is 14.5 Å². The number of methoxy groups -OCH3 is 1. The molecule has 0 aliphatic carbocycles. The summed E-state index contributed by atoms with van der Waals surface area (Å²) in [6.45, 7) is 2.46. The minimum Gasteiger partial charge on any atom is -0.377 e. The second kappa shape index (κ2) is 6.98. The van der Waals surface area contributed by atoms with Gasteiger partial charge < -0.3 is 10.1 Å². The van der Waals surface area contributed by atoms with Crippen LogP contribution in [0, 0.1) is 10.1 Å². The number of hydrogen-bond acceptors (Lipinski definition) is 7. The lowest BCUT2D eigenvalue weighted by atomic mass is 10.1. The molecular weight excluding hydrogens is 326 g/mol. The molecule has 0 fully saturated rings. The third-order valence-electron chi connectivity index (χ3n) is 4.12. The third-order valence-corrected chi connectivity index (χ3v) is 4.12. The Bertz CT molecular complexity index is 817. The molecule has 1 aliphatic rings. The predicted octanol–water partition coefficient (Wildman–Crippen LogP) is 2.48. The van der Waals surface area contributed by atoms with Crippen molar-refractivity contribution in [1.29, 1.82) is 0 Å². The fourth-order valence-electron chi connectivity index (χ4n) is 2.94. The van der Waals surface area contributed by atoms with Gasteiger partial charge in [0.15, 0.2) is 11.6 Å². The molecule has 1 N–H and O–H groups in total. The van der Waals surface area contributed by atoms with Gasteiger partial charge in [0.05, 0.1) is 11.0 Å². The van der Waals surface area contributed by atoms with Crippen molar-refractivity contribution >= 4 is 17.2 Å². The van der Waals surface area contributed by atoms with Crippen LogP contribution in [0.2, 0.25) is 0 Å². The number of carbonyl (C=O) groups is 1. The summed E-state index contributed by atoms with van der Waals surface area (Å²) in [7, 11) is 1.58. The van der Waals surface area contributed by atoms with Crippen LogP contribution in [0.25, 0.3) is 0 Å². The number of ketones is 1. The maximum absolute atomic E-state index is 11.5. The van der Waals surface area contributed by atoms with Crippen molar-refractivity contribution in [3.05, 3.63) is 45.5 Å². The zero-order valence-electron chi connectivity index (χ0n) is 14.1. The van der Waals surface area contributed by atoms with Crippen molar-refractivity contribution in [2.75, 3.05) is 12.4 Å². The maximum Gasteiger partial charge on any atom is 0.293 e. The molecule has 1 aromatic heterocycles. The van der Waals surface area contributed by atoms with Crippen molar-refractivity contribution in [2.45, 2.75) is 39.0 Å². The number of nitro benzene ring substituents is 1. The Kier molecular flexibility index (Phi) is 4.75. The van der Waals surface area contributed by atoms with Crippen LogP contribution in [0.3, 0.4) is 0 Å². The highest BCUT2D eigenvalue weighted by Crippen LogP contribution is 2.32. The van der Waals surface area contributed by atoms with E-state index < -0.39 is 4.92 Å². The van der Waals surface area contributed by atoms with Crippen molar-refractivity contribution in [3.8, 4) is 0 Å². The molecule has 2 heterocycles. The van der Waals surface area contributed by atoms with Crippen LogP contribution in [-0.4, -0.2) is 32.6 Å². The number of Topliss-reactive ketones (excluding diaryl/α,β-unsaturated/α-hetero) is 1. The average molecular weight is 345 g/mol. The molecule has 0 saturated carbocycles. The molecule has 1 unspecified atom stereocenters. The fraction of sp³-hybridized carbons (Fsp3) is 0.438. The molecule has 0 radical (unpaired) electrons. The summed E-state index contributed by atoms with van der Waals surface area (Å²) in [6, 6.07) is 4.27. The molecule has 3 rings (SSSR count). The zero-order valence-corrected chi connectivity index (χ0v) is 14.1. The number of hydrogen-bond donors (Lipinski definition) is 1. The van der Waals surface area contributed by atoms with E-state index in [9.17, 15) is 14.9 Å². The molecule has 1 atom stereocenters. The molecule has 1 aromatic carbocycles. The van der Waals surface area contributed by atoms with Gasteiger partial charge >= 0.3 is 0 Å². The Labute approximate surface area is 144 Å². The van der Waals surface area contributed by atoms with Gasteiger partial charge in [0.25, 0.3) is 5.69 Å². The summed E-state index contributed by atoms with van der Waals surface area (Å²) in [6.07, 6.45) is 1.68. The van der Waals surface area contributed by atoms with Crippen LogP contribution in [0.15, 0.2) is 18.2 Å². The molecule has 0 bridgehead atoms. The molecule has 9 heteroatoms. The average Bonchev–Trinajstić information content (AvgIpc) is 2.99. The van der Waals surface area contributed by atoms with Gasteiger partial charge in [0.1, 0.15) is 18.1 Å². The number of aromatic nitrogens is 3. The first-order chi connectivity index (χ1) is 12.0. The first kappa shape index (κ1) is 17.0. The summed E-state index contributed by atoms with van der Waals surface area (Å²) in [4.78, 5) is 26.8. The number of nitro groups is 1. The monoisotopic (exact) mass is 345 g/mol. The van der Waals surface area contributed by atoms with Gasteiger partial charge in [-0.2, -0.15) is 5.10 Å². The minimum atomic E-state index is -0.487. The van der Waals surface area contributed by atoms with E-state index in [1.54, 1.807) is 19.2 Å². The minimum absolute atomic E-state index is 0.124. The van der Waals surface area contributed by atoms with Crippen LogP contribution in [0.1, 0.15) is 47.8 Å². The first-order valence-electron chi connectivity index (χ1n) is 7.98. The highest BCUT2D eigenvalue weighted by Gasteiger charge is 2.27. The number of aryl methyl sites for hydroxylation is 1. The van der Waals surface area contributed by atoms with E-state index in [2.05, 4.69) is 15.4 Å². The highest BCUT2D eigenvalue weighted by atomic mass is 16.6. The molecule has 0 saturated heterocycles. The topological polar surface area (TPSA) is 112 Å². The van der Waals surface area contributed by atoms with Crippen LogP contribution in [0.5, 0.6) is 0 Å². The Morgan fingerprint density at radius 3 is 3.00 bits per heavy atom. The van der Waals surface area contributed by atoms with Gasteiger partial charge in [0.2, 0.25) is 0 Å². The van der Waals surface area contributed by atoms with Crippen LogP contribution in [0.4, 0.5) is 11.4 Å². The normalized spacial score (nSPS) is 16.3. The van der Waals surface area contributed by atoms with Crippen molar-refractivity contribution in [1.82, 2.24) is 14.8 Å². The number of rotatable bonds is 6. The number of nitrogens with zero attached hydrogens (tertiary/aromatic N) is 4. The van der Waals surface area contributed by atoms with E-state index in [0.29, 0.717) is 23.7 Å².